The van der Waals surface area contributed by atoms with Crippen molar-refractivity contribution in [2.75, 3.05) is 0 Å². The van der Waals surface area contributed by atoms with Crippen molar-refractivity contribution >= 4 is 5.69 Å². The monoisotopic (exact) mass is 181 g/mol. The normalized spacial score (nSPS) is 8.62. The molecule has 72 valence electrons. The van der Waals surface area contributed by atoms with Gasteiger partial charge in [-0.1, -0.05) is 19.9 Å². The Kier molecular flexibility index (Phi) is 4.74. The van der Waals surface area contributed by atoms with E-state index >= 15 is 0 Å². The van der Waals surface area contributed by atoms with Gasteiger partial charge in [0, 0.05) is 12.1 Å². The first-order chi connectivity index (χ1) is 6.09. The third-order valence-electron chi connectivity index (χ3n) is 1.42. The molecule has 0 aromatic heterocycles. The van der Waals surface area contributed by atoms with Crippen LogP contribution in [0, 0.1) is 24.0 Å². The van der Waals surface area contributed by atoms with E-state index in [0.29, 0.717) is 0 Å². The largest absolute Gasteiger partial charge is 0.269 e. The second kappa shape index (κ2) is 5.30. The molecule has 0 radical (unpaired) electrons. The Morgan fingerprint density at radius 2 is 1.46 bits per heavy atom. The molecular formula is C10H15NO2. The Labute approximate surface area is 78.5 Å². The van der Waals surface area contributed by atoms with E-state index < -0.39 is 0 Å². The SMILES string of the molecule is CC.Cc1cc(C)cc([N+](=O)[O-])c1. The Morgan fingerprint density at radius 1 is 1.08 bits per heavy atom. The van der Waals surface area contributed by atoms with E-state index in [2.05, 4.69) is 0 Å². The molecule has 0 saturated carbocycles. The van der Waals surface area contributed by atoms with Crippen molar-refractivity contribution < 1.29 is 4.92 Å². The van der Waals surface area contributed by atoms with Gasteiger partial charge >= 0.3 is 0 Å². The van der Waals surface area contributed by atoms with Gasteiger partial charge in [-0.25, -0.2) is 0 Å². The smallest absolute Gasteiger partial charge is 0.258 e. The molecule has 0 spiro atoms. The van der Waals surface area contributed by atoms with Crippen LogP contribution in [0.2, 0.25) is 0 Å². The quantitative estimate of drug-likeness (QED) is 0.493. The van der Waals surface area contributed by atoms with Crippen molar-refractivity contribution in [3.63, 3.8) is 0 Å². The van der Waals surface area contributed by atoms with Crippen molar-refractivity contribution in [3.05, 3.63) is 39.4 Å². The number of nitrogens with zero attached hydrogens (tertiary/aromatic N) is 1. The first-order valence-corrected chi connectivity index (χ1v) is 4.32. The summed E-state index contributed by atoms with van der Waals surface area (Å²) in [5.41, 5.74) is 2.02. The zero-order chi connectivity index (χ0) is 10.4. The van der Waals surface area contributed by atoms with Gasteiger partial charge in [0.2, 0.25) is 0 Å². The molecule has 1 aromatic carbocycles. The van der Waals surface area contributed by atoms with Crippen LogP contribution >= 0.6 is 0 Å². The molecule has 0 amide bonds. The van der Waals surface area contributed by atoms with Gasteiger partial charge in [0.15, 0.2) is 0 Å². The Bertz CT molecular complexity index is 275. The van der Waals surface area contributed by atoms with E-state index in [1.165, 1.54) is 0 Å². The molecule has 0 fully saturated rings. The molecule has 0 aliphatic heterocycles. The number of hydrogen-bond donors (Lipinski definition) is 0. The first-order valence-electron chi connectivity index (χ1n) is 4.32. The average Bonchev–Trinajstić information content (AvgIpc) is 2.06. The van der Waals surface area contributed by atoms with Gasteiger partial charge < -0.3 is 0 Å². The molecule has 0 aliphatic carbocycles. The molecule has 0 heterocycles. The molecule has 3 heteroatoms. The summed E-state index contributed by atoms with van der Waals surface area (Å²) in [6.07, 6.45) is 0. The van der Waals surface area contributed by atoms with Gasteiger partial charge in [0.1, 0.15) is 0 Å². The summed E-state index contributed by atoms with van der Waals surface area (Å²) >= 11 is 0. The van der Waals surface area contributed by atoms with Crippen LogP contribution in [0.5, 0.6) is 0 Å². The molecule has 1 rings (SSSR count). The predicted molar refractivity (Wildman–Crippen MR) is 53.9 cm³/mol. The van der Waals surface area contributed by atoms with Crippen molar-refractivity contribution in [2.45, 2.75) is 27.7 Å². The minimum Gasteiger partial charge on any atom is -0.258 e. The van der Waals surface area contributed by atoms with Crippen molar-refractivity contribution in [2.24, 2.45) is 0 Å². The second-order valence-electron chi connectivity index (χ2n) is 2.60. The maximum Gasteiger partial charge on any atom is 0.269 e. The minimum absolute atomic E-state index is 0.169. The summed E-state index contributed by atoms with van der Waals surface area (Å²) in [5, 5.41) is 10.3. The van der Waals surface area contributed by atoms with E-state index in [0.717, 1.165) is 11.1 Å². The van der Waals surface area contributed by atoms with E-state index in [1.54, 1.807) is 12.1 Å². The number of rotatable bonds is 1. The van der Waals surface area contributed by atoms with E-state index in [9.17, 15) is 10.1 Å². The third-order valence-corrected chi connectivity index (χ3v) is 1.42. The average molecular weight is 181 g/mol. The zero-order valence-electron chi connectivity index (χ0n) is 8.50. The number of benzene rings is 1. The van der Waals surface area contributed by atoms with Crippen LogP contribution in [0.3, 0.4) is 0 Å². The van der Waals surface area contributed by atoms with E-state index in [4.69, 9.17) is 0 Å². The Morgan fingerprint density at radius 3 is 1.77 bits per heavy atom. The molecule has 3 nitrogen and oxygen atoms in total. The van der Waals surface area contributed by atoms with E-state index in [-0.39, 0.29) is 10.6 Å². The summed E-state index contributed by atoms with van der Waals surface area (Å²) in [7, 11) is 0. The Hall–Kier alpha value is -1.38. The van der Waals surface area contributed by atoms with Gasteiger partial charge in [-0.05, 0) is 25.0 Å². The number of aryl methyl sites for hydroxylation is 2. The highest BCUT2D eigenvalue weighted by atomic mass is 16.6. The highest BCUT2D eigenvalue weighted by Crippen LogP contribution is 2.15. The second-order valence-corrected chi connectivity index (χ2v) is 2.60. The fraction of sp³-hybridized carbons (Fsp3) is 0.400. The highest BCUT2D eigenvalue weighted by molar-refractivity contribution is 5.37. The predicted octanol–water partition coefficient (Wildman–Crippen LogP) is 3.24. The fourth-order valence-electron chi connectivity index (χ4n) is 1.06. The molecular weight excluding hydrogens is 166 g/mol. The lowest BCUT2D eigenvalue weighted by Crippen LogP contribution is -1.89. The van der Waals surface area contributed by atoms with Gasteiger partial charge in [0.25, 0.3) is 5.69 Å². The van der Waals surface area contributed by atoms with Crippen molar-refractivity contribution in [1.29, 1.82) is 0 Å². The van der Waals surface area contributed by atoms with Crippen LogP contribution < -0.4 is 0 Å². The lowest BCUT2D eigenvalue weighted by atomic mass is 10.1. The summed E-state index contributed by atoms with van der Waals surface area (Å²) in [5.74, 6) is 0. The topological polar surface area (TPSA) is 43.1 Å². The zero-order valence-corrected chi connectivity index (χ0v) is 8.50. The van der Waals surface area contributed by atoms with Gasteiger partial charge in [0.05, 0.1) is 4.92 Å². The van der Waals surface area contributed by atoms with Crippen LogP contribution in [-0.4, -0.2) is 4.92 Å². The molecule has 0 atom stereocenters. The number of nitro groups is 1. The fourth-order valence-corrected chi connectivity index (χ4v) is 1.06. The molecule has 13 heavy (non-hydrogen) atoms. The third kappa shape index (κ3) is 3.69. The van der Waals surface area contributed by atoms with Crippen molar-refractivity contribution in [1.82, 2.24) is 0 Å². The number of nitro benzene ring substituents is 1. The Balaban J connectivity index is 0.000000671. The van der Waals surface area contributed by atoms with Gasteiger partial charge in [-0.2, -0.15) is 0 Å². The standard InChI is InChI=1S/C8H9NO2.C2H6/c1-6-3-7(2)5-8(4-6)9(10)11;1-2/h3-5H,1-2H3;1-2H3. The van der Waals surface area contributed by atoms with Crippen LogP contribution in [0.4, 0.5) is 5.69 Å². The number of non-ortho nitro benzene ring substituents is 1. The van der Waals surface area contributed by atoms with Crippen LogP contribution in [0.15, 0.2) is 18.2 Å². The lowest BCUT2D eigenvalue weighted by molar-refractivity contribution is -0.384. The molecule has 0 bridgehead atoms. The molecule has 0 N–H and O–H groups in total. The lowest BCUT2D eigenvalue weighted by Gasteiger charge is -1.95. The summed E-state index contributed by atoms with van der Waals surface area (Å²) in [6, 6.07) is 5.03. The summed E-state index contributed by atoms with van der Waals surface area (Å²) < 4.78 is 0. The van der Waals surface area contributed by atoms with Gasteiger partial charge in [-0.15, -0.1) is 0 Å². The molecule has 1 aromatic rings. The maximum absolute atomic E-state index is 10.3. The van der Waals surface area contributed by atoms with Crippen molar-refractivity contribution in [3.8, 4) is 0 Å². The minimum atomic E-state index is -0.375. The van der Waals surface area contributed by atoms with Gasteiger partial charge in [-0.3, -0.25) is 10.1 Å². The molecule has 0 unspecified atom stereocenters. The molecule has 0 saturated heterocycles. The van der Waals surface area contributed by atoms with Crippen LogP contribution in [0.1, 0.15) is 25.0 Å². The highest BCUT2D eigenvalue weighted by Gasteiger charge is 2.04. The van der Waals surface area contributed by atoms with Crippen LogP contribution in [-0.2, 0) is 0 Å². The summed E-state index contributed by atoms with van der Waals surface area (Å²) in [6.45, 7) is 7.69. The number of hydrogen-bond acceptors (Lipinski definition) is 2. The summed E-state index contributed by atoms with van der Waals surface area (Å²) in [4.78, 5) is 9.94. The maximum atomic E-state index is 10.3. The van der Waals surface area contributed by atoms with E-state index in [1.807, 2.05) is 33.8 Å². The van der Waals surface area contributed by atoms with Crippen LogP contribution in [0.25, 0.3) is 0 Å². The molecule has 0 aliphatic rings. The first kappa shape index (κ1) is 11.6.